The summed E-state index contributed by atoms with van der Waals surface area (Å²) in [5, 5.41) is 19.0. The molecule has 0 aliphatic heterocycles. The zero-order chi connectivity index (χ0) is 9.53. The molecule has 0 bridgehead atoms. The van der Waals surface area contributed by atoms with E-state index in [9.17, 15) is 9.90 Å². The fourth-order valence-electron chi connectivity index (χ4n) is 2.77. The Balaban J connectivity index is 2.13. The normalized spacial score (nSPS) is 36.1. The molecule has 3 heteroatoms. The smallest absolute Gasteiger partial charge is 0.306 e. The van der Waals surface area contributed by atoms with Gasteiger partial charge in [0.15, 0.2) is 0 Å². The standard InChI is InChI=1S/C10H16O3/c11-8(12)7-10(13)4-2-1-3-9(10)5-6-9/h13H,1-7H2,(H,11,12). The van der Waals surface area contributed by atoms with E-state index in [2.05, 4.69) is 0 Å². The van der Waals surface area contributed by atoms with Gasteiger partial charge >= 0.3 is 5.97 Å². The number of carbonyl (C=O) groups is 1. The van der Waals surface area contributed by atoms with Crippen molar-refractivity contribution in [2.45, 2.75) is 50.5 Å². The molecule has 0 aromatic carbocycles. The van der Waals surface area contributed by atoms with Crippen molar-refractivity contribution in [1.82, 2.24) is 0 Å². The molecule has 0 radical (unpaired) electrons. The first-order chi connectivity index (χ1) is 6.08. The van der Waals surface area contributed by atoms with Gasteiger partial charge in [0, 0.05) is 0 Å². The van der Waals surface area contributed by atoms with E-state index in [1.807, 2.05) is 0 Å². The quantitative estimate of drug-likeness (QED) is 0.684. The van der Waals surface area contributed by atoms with Crippen molar-refractivity contribution < 1.29 is 15.0 Å². The molecule has 74 valence electrons. The Hall–Kier alpha value is -0.570. The van der Waals surface area contributed by atoms with Gasteiger partial charge in [0.1, 0.15) is 0 Å². The highest BCUT2D eigenvalue weighted by molar-refractivity contribution is 5.68. The lowest BCUT2D eigenvalue weighted by atomic mass is 9.71. The second-order valence-corrected chi connectivity index (χ2v) is 4.59. The topological polar surface area (TPSA) is 57.5 Å². The van der Waals surface area contributed by atoms with Crippen LogP contribution < -0.4 is 0 Å². The van der Waals surface area contributed by atoms with Crippen molar-refractivity contribution in [1.29, 1.82) is 0 Å². The summed E-state index contributed by atoms with van der Waals surface area (Å²) >= 11 is 0. The minimum absolute atomic E-state index is 0.0103. The fourth-order valence-corrected chi connectivity index (χ4v) is 2.77. The first kappa shape index (κ1) is 9.00. The minimum Gasteiger partial charge on any atom is -0.481 e. The van der Waals surface area contributed by atoms with Crippen molar-refractivity contribution in [3.8, 4) is 0 Å². The number of carboxylic acids is 1. The summed E-state index contributed by atoms with van der Waals surface area (Å²) in [4.78, 5) is 10.6. The van der Waals surface area contributed by atoms with Gasteiger partial charge in [0.2, 0.25) is 0 Å². The molecule has 2 aliphatic carbocycles. The molecule has 1 atom stereocenters. The third-order valence-corrected chi connectivity index (χ3v) is 3.78. The Morgan fingerprint density at radius 3 is 2.31 bits per heavy atom. The van der Waals surface area contributed by atoms with Crippen molar-refractivity contribution >= 4 is 5.97 Å². The first-order valence-electron chi connectivity index (χ1n) is 5.02. The van der Waals surface area contributed by atoms with Crippen molar-refractivity contribution in [2.24, 2.45) is 5.41 Å². The molecule has 2 aliphatic rings. The lowest BCUT2D eigenvalue weighted by Gasteiger charge is -2.39. The molecule has 0 saturated heterocycles. The second-order valence-electron chi connectivity index (χ2n) is 4.59. The van der Waals surface area contributed by atoms with Gasteiger partial charge in [-0.05, 0) is 31.1 Å². The van der Waals surface area contributed by atoms with E-state index < -0.39 is 11.6 Å². The molecular formula is C10H16O3. The number of aliphatic hydroxyl groups is 1. The molecule has 1 unspecified atom stereocenters. The van der Waals surface area contributed by atoms with E-state index in [1.165, 1.54) is 0 Å². The minimum atomic E-state index is -0.892. The molecule has 13 heavy (non-hydrogen) atoms. The Bertz CT molecular complexity index is 232. The van der Waals surface area contributed by atoms with Gasteiger partial charge in [-0.15, -0.1) is 0 Å². The zero-order valence-corrected chi connectivity index (χ0v) is 7.75. The molecule has 2 fully saturated rings. The van der Waals surface area contributed by atoms with Gasteiger partial charge in [0.05, 0.1) is 12.0 Å². The van der Waals surface area contributed by atoms with Crippen LogP contribution in [0.15, 0.2) is 0 Å². The van der Waals surface area contributed by atoms with Crippen LogP contribution in [0.1, 0.15) is 44.9 Å². The number of hydrogen-bond acceptors (Lipinski definition) is 2. The van der Waals surface area contributed by atoms with Gasteiger partial charge in [-0.1, -0.05) is 12.8 Å². The van der Waals surface area contributed by atoms with E-state index in [-0.39, 0.29) is 11.8 Å². The molecule has 2 saturated carbocycles. The SMILES string of the molecule is O=C(O)CC1(O)CCCCC12CC2. The average molecular weight is 184 g/mol. The van der Waals surface area contributed by atoms with Crippen LogP contribution >= 0.6 is 0 Å². The average Bonchev–Trinajstić information content (AvgIpc) is 2.76. The van der Waals surface area contributed by atoms with Crippen LogP contribution in [-0.4, -0.2) is 21.8 Å². The van der Waals surface area contributed by atoms with Gasteiger partial charge in [-0.3, -0.25) is 4.79 Å². The van der Waals surface area contributed by atoms with Crippen LogP contribution in [0, 0.1) is 5.41 Å². The Labute approximate surface area is 77.8 Å². The molecule has 2 rings (SSSR count). The monoisotopic (exact) mass is 184 g/mol. The summed E-state index contributed by atoms with van der Waals surface area (Å²) < 4.78 is 0. The molecule has 0 aromatic rings. The Morgan fingerprint density at radius 1 is 1.15 bits per heavy atom. The van der Waals surface area contributed by atoms with Crippen molar-refractivity contribution in [2.75, 3.05) is 0 Å². The molecular weight excluding hydrogens is 168 g/mol. The van der Waals surface area contributed by atoms with Gasteiger partial charge in [-0.25, -0.2) is 0 Å². The van der Waals surface area contributed by atoms with Gasteiger partial charge in [0.25, 0.3) is 0 Å². The zero-order valence-electron chi connectivity index (χ0n) is 7.75. The maximum absolute atomic E-state index is 10.6. The first-order valence-corrected chi connectivity index (χ1v) is 5.02. The highest BCUT2D eigenvalue weighted by Gasteiger charge is 2.59. The summed E-state index contributed by atoms with van der Waals surface area (Å²) in [6, 6.07) is 0. The summed E-state index contributed by atoms with van der Waals surface area (Å²) in [5.74, 6) is -0.865. The summed E-state index contributed by atoms with van der Waals surface area (Å²) in [6.07, 6.45) is 5.82. The van der Waals surface area contributed by atoms with Crippen LogP contribution in [0.5, 0.6) is 0 Å². The molecule has 1 spiro atoms. The lowest BCUT2D eigenvalue weighted by molar-refractivity contribution is -0.149. The number of carboxylic acid groups (broad SMARTS) is 1. The van der Waals surface area contributed by atoms with E-state index in [4.69, 9.17) is 5.11 Å². The van der Waals surface area contributed by atoms with Gasteiger partial charge in [-0.2, -0.15) is 0 Å². The van der Waals surface area contributed by atoms with E-state index in [0.29, 0.717) is 6.42 Å². The molecule has 0 heterocycles. The predicted molar refractivity (Wildman–Crippen MR) is 47.3 cm³/mol. The van der Waals surface area contributed by atoms with E-state index >= 15 is 0 Å². The molecule has 0 aromatic heterocycles. The predicted octanol–water partition coefficient (Wildman–Crippen LogP) is 1.55. The highest BCUT2D eigenvalue weighted by Crippen LogP contribution is 2.62. The Morgan fingerprint density at radius 2 is 1.77 bits per heavy atom. The van der Waals surface area contributed by atoms with Crippen LogP contribution in [0.3, 0.4) is 0 Å². The largest absolute Gasteiger partial charge is 0.481 e. The second kappa shape index (κ2) is 2.71. The van der Waals surface area contributed by atoms with E-state index in [0.717, 1.165) is 32.1 Å². The number of aliphatic carboxylic acids is 1. The van der Waals surface area contributed by atoms with Gasteiger partial charge < -0.3 is 10.2 Å². The van der Waals surface area contributed by atoms with Crippen molar-refractivity contribution in [3.05, 3.63) is 0 Å². The number of hydrogen-bond donors (Lipinski definition) is 2. The maximum Gasteiger partial charge on any atom is 0.306 e. The van der Waals surface area contributed by atoms with Crippen LogP contribution in [0.2, 0.25) is 0 Å². The van der Waals surface area contributed by atoms with Crippen LogP contribution in [0.4, 0.5) is 0 Å². The third kappa shape index (κ3) is 1.35. The molecule has 3 nitrogen and oxygen atoms in total. The van der Waals surface area contributed by atoms with Crippen LogP contribution in [0.25, 0.3) is 0 Å². The number of rotatable bonds is 2. The highest BCUT2D eigenvalue weighted by atomic mass is 16.4. The summed E-state index contributed by atoms with van der Waals surface area (Å²) in [5.41, 5.74) is -0.902. The third-order valence-electron chi connectivity index (χ3n) is 3.78. The van der Waals surface area contributed by atoms with Crippen LogP contribution in [-0.2, 0) is 4.79 Å². The Kier molecular flexibility index (Phi) is 1.88. The fraction of sp³-hybridized carbons (Fsp3) is 0.900. The maximum atomic E-state index is 10.6. The molecule has 2 N–H and O–H groups in total. The summed E-state index contributed by atoms with van der Waals surface area (Å²) in [7, 11) is 0. The van der Waals surface area contributed by atoms with Crippen molar-refractivity contribution in [3.63, 3.8) is 0 Å². The summed E-state index contributed by atoms with van der Waals surface area (Å²) in [6.45, 7) is 0. The lowest BCUT2D eigenvalue weighted by Crippen LogP contribution is -2.44. The van der Waals surface area contributed by atoms with E-state index in [1.54, 1.807) is 0 Å². The molecule has 0 amide bonds.